The second-order valence-corrected chi connectivity index (χ2v) is 26.9. The maximum Gasteiger partial charge on any atom is 0.347 e. The molecule has 8 atom stereocenters. The number of ether oxygens (including phenoxy) is 3. The maximum absolute atomic E-state index is 13.6. The van der Waals surface area contributed by atoms with Crippen LogP contribution in [0.15, 0.2) is 54.1 Å². The molecule has 0 aromatic heterocycles. The highest BCUT2D eigenvalue weighted by molar-refractivity contribution is 6.74. The van der Waals surface area contributed by atoms with Crippen LogP contribution in [0.2, 0.25) is 36.3 Å². The van der Waals surface area contributed by atoms with Gasteiger partial charge in [0.2, 0.25) is 0 Å². The molecule has 0 radical (unpaired) electrons. The summed E-state index contributed by atoms with van der Waals surface area (Å²) in [5, 5.41) is 0.273. The van der Waals surface area contributed by atoms with Crippen molar-refractivity contribution in [3.05, 3.63) is 54.1 Å². The first kappa shape index (κ1) is 38.1. The van der Waals surface area contributed by atoms with Crippen molar-refractivity contribution in [1.82, 2.24) is 0 Å². The van der Waals surface area contributed by atoms with Gasteiger partial charge in [-0.15, -0.1) is 0 Å². The van der Waals surface area contributed by atoms with Gasteiger partial charge in [-0.3, -0.25) is 0 Å². The van der Waals surface area contributed by atoms with Crippen LogP contribution in [0.4, 0.5) is 0 Å². The predicted molar refractivity (Wildman–Crippen MR) is 197 cm³/mol. The van der Waals surface area contributed by atoms with Gasteiger partial charge in [0.15, 0.2) is 22.7 Å². The summed E-state index contributed by atoms with van der Waals surface area (Å²) >= 11 is 0. The molecule has 6 nitrogen and oxygen atoms in total. The summed E-state index contributed by atoms with van der Waals surface area (Å²) in [5.74, 6) is 1.12. The minimum absolute atomic E-state index is 0.0815. The third-order valence-corrected chi connectivity index (χ3v) is 20.7. The van der Waals surface area contributed by atoms with E-state index in [-0.39, 0.29) is 46.4 Å². The van der Waals surface area contributed by atoms with Crippen LogP contribution in [0, 0.1) is 17.8 Å². The third-order valence-electron chi connectivity index (χ3n) is 11.7. The number of hydrogen-bond donors (Lipinski definition) is 0. The Balaban J connectivity index is 1.52. The van der Waals surface area contributed by atoms with Gasteiger partial charge in [0.05, 0.1) is 12.2 Å². The molecule has 1 saturated heterocycles. The van der Waals surface area contributed by atoms with Crippen LogP contribution in [0.25, 0.3) is 0 Å². The Labute approximate surface area is 288 Å². The minimum Gasteiger partial charge on any atom is -0.479 e. The van der Waals surface area contributed by atoms with Gasteiger partial charge in [-0.1, -0.05) is 84.9 Å². The lowest BCUT2D eigenvalue weighted by atomic mass is 9.66. The summed E-state index contributed by atoms with van der Waals surface area (Å²) in [6.07, 6.45) is 10.8. The van der Waals surface area contributed by atoms with E-state index in [2.05, 4.69) is 92.9 Å². The van der Waals surface area contributed by atoms with Gasteiger partial charge in [0.1, 0.15) is 11.9 Å². The van der Waals surface area contributed by atoms with E-state index in [1.165, 1.54) is 5.57 Å². The van der Waals surface area contributed by atoms with Crippen LogP contribution in [-0.2, 0) is 23.1 Å². The van der Waals surface area contributed by atoms with Crippen molar-refractivity contribution in [2.24, 2.45) is 17.8 Å². The largest absolute Gasteiger partial charge is 0.479 e. The third kappa shape index (κ3) is 9.71. The number of carbonyl (C=O) groups is 1. The van der Waals surface area contributed by atoms with Gasteiger partial charge in [0.25, 0.3) is 0 Å². The van der Waals surface area contributed by atoms with Gasteiger partial charge in [-0.05, 0) is 98.4 Å². The topological polar surface area (TPSA) is 63.2 Å². The van der Waals surface area contributed by atoms with E-state index in [1.807, 2.05) is 30.3 Å². The molecule has 3 aliphatic rings. The molecule has 0 amide bonds. The van der Waals surface area contributed by atoms with Gasteiger partial charge < -0.3 is 23.1 Å². The second kappa shape index (κ2) is 15.0. The molecule has 8 heteroatoms. The summed E-state index contributed by atoms with van der Waals surface area (Å²) in [6.45, 7) is 27.9. The lowest BCUT2D eigenvalue weighted by Gasteiger charge is -2.46. The Morgan fingerprint density at radius 2 is 1.57 bits per heavy atom. The maximum atomic E-state index is 13.6. The van der Waals surface area contributed by atoms with Gasteiger partial charge in [-0.25, -0.2) is 4.79 Å². The summed E-state index contributed by atoms with van der Waals surface area (Å²) in [6, 6.07) is 9.49. The molecule has 2 aliphatic carbocycles. The molecule has 1 aromatic carbocycles. The number of hydrogen-bond acceptors (Lipinski definition) is 6. The van der Waals surface area contributed by atoms with Crippen molar-refractivity contribution >= 4 is 22.6 Å². The molecule has 1 heterocycles. The molecule has 1 fully saturated rings. The van der Waals surface area contributed by atoms with Crippen LogP contribution >= 0.6 is 0 Å². The number of carbonyl (C=O) groups excluding carboxylic acids is 1. The number of allylic oxidation sites excluding steroid dienone is 2. The zero-order valence-corrected chi connectivity index (χ0v) is 33.4. The second-order valence-electron chi connectivity index (χ2n) is 17.4. The number of para-hydroxylation sites is 1. The fourth-order valence-corrected chi connectivity index (χ4v) is 9.40. The molecule has 264 valence electrons. The van der Waals surface area contributed by atoms with E-state index in [0.29, 0.717) is 24.0 Å². The Bertz CT molecular complexity index is 1240. The van der Waals surface area contributed by atoms with Crippen molar-refractivity contribution in [2.75, 3.05) is 6.61 Å². The highest BCUT2D eigenvalue weighted by atomic mass is 28.4. The molecule has 1 unspecified atom stereocenters. The van der Waals surface area contributed by atoms with E-state index in [9.17, 15) is 4.79 Å². The Hall–Kier alpha value is -1.72. The van der Waals surface area contributed by atoms with E-state index < -0.39 is 22.7 Å². The van der Waals surface area contributed by atoms with Gasteiger partial charge in [0, 0.05) is 25.0 Å². The number of fused-ring (bicyclic) bond motifs is 1. The van der Waals surface area contributed by atoms with E-state index >= 15 is 0 Å². The molecule has 0 N–H and O–H groups in total. The normalized spacial score (nSPS) is 29.4. The molecular weight excluding hydrogens is 621 g/mol. The fraction of sp³-hybridized carbons (Fsp3) is 0.718. The lowest BCUT2D eigenvalue weighted by molar-refractivity contribution is -0.162. The fourth-order valence-electron chi connectivity index (χ4n) is 6.73. The van der Waals surface area contributed by atoms with Crippen LogP contribution in [0.1, 0.15) is 87.5 Å². The Morgan fingerprint density at radius 3 is 2.21 bits per heavy atom. The summed E-state index contributed by atoms with van der Waals surface area (Å²) in [7, 11) is -3.90. The monoisotopic (exact) mass is 684 g/mol. The van der Waals surface area contributed by atoms with Crippen LogP contribution in [0.3, 0.4) is 0 Å². The quantitative estimate of drug-likeness (QED) is 0.171. The Kier molecular flexibility index (Phi) is 12.2. The molecule has 0 saturated carbocycles. The Morgan fingerprint density at radius 1 is 0.936 bits per heavy atom. The smallest absolute Gasteiger partial charge is 0.347 e. The van der Waals surface area contributed by atoms with E-state index in [0.717, 1.165) is 32.3 Å². The minimum atomic E-state index is -2.05. The van der Waals surface area contributed by atoms with Gasteiger partial charge >= 0.3 is 5.97 Å². The first-order valence-electron chi connectivity index (χ1n) is 18.1. The van der Waals surface area contributed by atoms with Crippen molar-refractivity contribution in [2.45, 2.75) is 154 Å². The summed E-state index contributed by atoms with van der Waals surface area (Å²) < 4.78 is 32.5. The number of benzene rings is 1. The summed E-state index contributed by atoms with van der Waals surface area (Å²) in [5.41, 5.74) is 1.24. The van der Waals surface area contributed by atoms with Crippen molar-refractivity contribution in [1.29, 1.82) is 0 Å². The molecule has 47 heavy (non-hydrogen) atoms. The average Bonchev–Trinajstić information content (AvgIpc) is 2.96. The molecular formula is C39H64O6Si2. The van der Waals surface area contributed by atoms with E-state index in [1.54, 1.807) is 6.92 Å². The molecule has 0 spiro atoms. The first-order chi connectivity index (χ1) is 21.8. The highest BCUT2D eigenvalue weighted by Gasteiger charge is 2.46. The molecule has 1 aromatic rings. The van der Waals surface area contributed by atoms with E-state index in [4.69, 9.17) is 23.1 Å². The van der Waals surface area contributed by atoms with Crippen molar-refractivity contribution in [3.63, 3.8) is 0 Å². The standard InChI is InChI=1S/C39H64O6Si2/c1-27-18-19-29-24-33(45-47(11,12)39(6,7)8)26-35(43-37(40)28(2)42-30-16-14-13-15-17-30)36(29)34(27)21-20-31-25-32(22-23-41-31)44-46(9,10)38(3,4)5/h13-19,24,27-28,31-36H,20-23,25-26H2,1-12H3/t27-,28?,31+,32+,33+,34-,35-,36-/m0/s1. The predicted octanol–water partition coefficient (Wildman–Crippen LogP) is 9.87. The van der Waals surface area contributed by atoms with Crippen LogP contribution < -0.4 is 4.74 Å². The first-order valence-corrected chi connectivity index (χ1v) is 23.9. The molecule has 0 bridgehead atoms. The van der Waals surface area contributed by atoms with Gasteiger partial charge in [-0.2, -0.15) is 0 Å². The van der Waals surface area contributed by atoms with Crippen molar-refractivity contribution < 1.29 is 27.9 Å². The SMILES string of the molecule is CC(Oc1ccccc1)C(=O)O[C@H]1C[C@H](O[Si](C)(C)C(C)(C)C)C=C2C=C[C@H](C)[C@H](CC[C@@H]3C[C@H](O[Si](C)(C)C(C)(C)C)CCO3)[C@H]21. The van der Waals surface area contributed by atoms with Crippen LogP contribution in [-0.4, -0.2) is 59.7 Å². The number of rotatable bonds is 11. The summed E-state index contributed by atoms with van der Waals surface area (Å²) in [4.78, 5) is 13.6. The number of esters is 1. The average molecular weight is 685 g/mol. The van der Waals surface area contributed by atoms with Crippen molar-refractivity contribution in [3.8, 4) is 5.75 Å². The highest BCUT2D eigenvalue weighted by Crippen LogP contribution is 2.47. The molecule has 4 rings (SSSR count). The molecule has 1 aliphatic heterocycles. The lowest BCUT2D eigenvalue weighted by Crippen LogP contribution is -2.49. The zero-order chi connectivity index (χ0) is 34.8. The zero-order valence-electron chi connectivity index (χ0n) is 31.4. The van der Waals surface area contributed by atoms with Crippen LogP contribution in [0.5, 0.6) is 5.75 Å².